The molecule has 0 spiro atoms. The van der Waals surface area contributed by atoms with Crippen LogP contribution in [-0.2, 0) is 0 Å². The summed E-state index contributed by atoms with van der Waals surface area (Å²) in [6, 6.07) is 13.0. The number of anilines is 3. The average Bonchev–Trinajstić information content (AvgIpc) is 2.46. The summed E-state index contributed by atoms with van der Waals surface area (Å²) in [5.41, 5.74) is 9.86. The van der Waals surface area contributed by atoms with Crippen LogP contribution in [0.5, 0.6) is 0 Å². The molecular weight excluding hydrogens is 262 g/mol. The summed E-state index contributed by atoms with van der Waals surface area (Å²) in [6.45, 7) is 0. The number of rotatable bonds is 4. The van der Waals surface area contributed by atoms with Crippen molar-refractivity contribution >= 4 is 22.8 Å². The number of nitrogens with two attached hydrogens (primary N) is 1. The number of hydrogen-bond acceptors (Lipinski definition) is 4. The van der Waals surface area contributed by atoms with E-state index in [0.717, 1.165) is 11.4 Å². The summed E-state index contributed by atoms with van der Waals surface area (Å²) >= 11 is 0. The Morgan fingerprint density at radius 1 is 0.857 bits per heavy atom. The van der Waals surface area contributed by atoms with Gasteiger partial charge in [-0.25, -0.2) is 0 Å². The summed E-state index contributed by atoms with van der Waals surface area (Å²) < 4.78 is 0. The van der Waals surface area contributed by atoms with Gasteiger partial charge in [-0.3, -0.25) is 4.79 Å². The highest BCUT2D eigenvalue weighted by Crippen LogP contribution is 2.24. The minimum atomic E-state index is -0.0164. The molecule has 0 aromatic heterocycles. The first-order chi connectivity index (χ1) is 9.90. The lowest BCUT2D eigenvalue weighted by Gasteiger charge is -2.16. The van der Waals surface area contributed by atoms with Crippen LogP contribution in [0.1, 0.15) is 15.9 Å². The highest BCUT2D eigenvalue weighted by molar-refractivity contribution is 6.10. The third-order valence-electron chi connectivity index (χ3n) is 3.42. The van der Waals surface area contributed by atoms with E-state index in [4.69, 9.17) is 5.73 Å². The van der Waals surface area contributed by atoms with Crippen molar-refractivity contribution in [3.63, 3.8) is 0 Å². The molecule has 0 radical (unpaired) electrons. The van der Waals surface area contributed by atoms with Crippen molar-refractivity contribution in [1.82, 2.24) is 0 Å². The Labute approximate surface area is 125 Å². The quantitative estimate of drug-likeness (QED) is 0.692. The SMILES string of the molecule is CN(C)c1ccc(C(=O)c2ccc(N(C)C)c(N)c2)cc1. The standard InChI is InChI=1S/C17H21N3O/c1-19(2)14-8-5-12(6-9-14)17(21)13-7-10-16(20(3)4)15(18)11-13/h5-11H,18H2,1-4H3. The molecule has 2 N–H and O–H groups in total. The number of benzene rings is 2. The Morgan fingerprint density at radius 3 is 1.90 bits per heavy atom. The zero-order valence-electron chi connectivity index (χ0n) is 12.9. The normalized spacial score (nSPS) is 10.3. The summed E-state index contributed by atoms with van der Waals surface area (Å²) in [7, 11) is 7.79. The smallest absolute Gasteiger partial charge is 0.193 e. The molecule has 0 heterocycles. The molecule has 4 nitrogen and oxygen atoms in total. The fraction of sp³-hybridized carbons (Fsp3) is 0.235. The summed E-state index contributed by atoms with van der Waals surface area (Å²) in [5, 5.41) is 0. The minimum Gasteiger partial charge on any atom is -0.397 e. The van der Waals surface area contributed by atoms with Gasteiger partial charge in [-0.05, 0) is 42.5 Å². The van der Waals surface area contributed by atoms with Crippen LogP contribution in [0.25, 0.3) is 0 Å². The molecule has 21 heavy (non-hydrogen) atoms. The van der Waals surface area contributed by atoms with Gasteiger partial charge < -0.3 is 15.5 Å². The summed E-state index contributed by atoms with van der Waals surface area (Å²) in [6.07, 6.45) is 0. The van der Waals surface area contributed by atoms with Gasteiger partial charge >= 0.3 is 0 Å². The third-order valence-corrected chi connectivity index (χ3v) is 3.42. The molecule has 0 bridgehead atoms. The van der Waals surface area contributed by atoms with Gasteiger partial charge in [-0.15, -0.1) is 0 Å². The lowest BCUT2D eigenvalue weighted by atomic mass is 10.0. The first-order valence-electron chi connectivity index (χ1n) is 6.79. The van der Waals surface area contributed by atoms with Crippen LogP contribution in [-0.4, -0.2) is 34.0 Å². The highest BCUT2D eigenvalue weighted by atomic mass is 16.1. The monoisotopic (exact) mass is 283 g/mol. The van der Waals surface area contributed by atoms with E-state index in [1.807, 2.05) is 74.4 Å². The topological polar surface area (TPSA) is 49.6 Å². The second kappa shape index (κ2) is 5.87. The third kappa shape index (κ3) is 3.16. The molecule has 0 atom stereocenters. The number of nitrogen functional groups attached to an aromatic ring is 1. The molecule has 2 aromatic rings. The van der Waals surface area contributed by atoms with E-state index in [-0.39, 0.29) is 5.78 Å². The van der Waals surface area contributed by atoms with Crippen molar-refractivity contribution in [2.45, 2.75) is 0 Å². The Balaban J connectivity index is 2.29. The van der Waals surface area contributed by atoms with E-state index in [1.54, 1.807) is 6.07 Å². The van der Waals surface area contributed by atoms with E-state index in [2.05, 4.69) is 0 Å². The largest absolute Gasteiger partial charge is 0.397 e. The average molecular weight is 283 g/mol. The molecule has 2 aromatic carbocycles. The van der Waals surface area contributed by atoms with Gasteiger partial charge in [0.2, 0.25) is 0 Å². The minimum absolute atomic E-state index is 0.0164. The fourth-order valence-electron chi connectivity index (χ4n) is 2.18. The number of carbonyl (C=O) groups is 1. The van der Waals surface area contributed by atoms with Crippen LogP contribution in [0.3, 0.4) is 0 Å². The maximum Gasteiger partial charge on any atom is 0.193 e. The van der Waals surface area contributed by atoms with Crippen LogP contribution in [0.2, 0.25) is 0 Å². The number of carbonyl (C=O) groups excluding carboxylic acids is 1. The van der Waals surface area contributed by atoms with E-state index in [0.29, 0.717) is 16.8 Å². The van der Waals surface area contributed by atoms with Gasteiger partial charge in [0.05, 0.1) is 11.4 Å². The molecular formula is C17H21N3O. The van der Waals surface area contributed by atoms with E-state index in [1.165, 1.54) is 0 Å². The van der Waals surface area contributed by atoms with Crippen molar-refractivity contribution in [2.24, 2.45) is 0 Å². The van der Waals surface area contributed by atoms with Gasteiger partial charge in [-0.1, -0.05) is 0 Å². The van der Waals surface area contributed by atoms with Crippen LogP contribution in [0.4, 0.5) is 17.1 Å². The molecule has 110 valence electrons. The van der Waals surface area contributed by atoms with Crippen LogP contribution in [0, 0.1) is 0 Å². The van der Waals surface area contributed by atoms with Gasteiger partial charge in [0.1, 0.15) is 0 Å². The zero-order chi connectivity index (χ0) is 15.6. The van der Waals surface area contributed by atoms with Crippen molar-refractivity contribution in [2.75, 3.05) is 43.7 Å². The summed E-state index contributed by atoms with van der Waals surface area (Å²) in [5.74, 6) is -0.0164. The molecule has 0 aliphatic heterocycles. The van der Waals surface area contributed by atoms with Gasteiger partial charge in [0, 0.05) is 45.0 Å². The van der Waals surface area contributed by atoms with Gasteiger partial charge in [-0.2, -0.15) is 0 Å². The number of ketones is 1. The van der Waals surface area contributed by atoms with Crippen LogP contribution >= 0.6 is 0 Å². The van der Waals surface area contributed by atoms with Gasteiger partial charge in [0.25, 0.3) is 0 Å². The second-order valence-corrected chi connectivity index (χ2v) is 5.44. The molecule has 0 aliphatic carbocycles. The molecule has 0 unspecified atom stereocenters. The maximum atomic E-state index is 12.5. The van der Waals surface area contributed by atoms with E-state index in [9.17, 15) is 4.79 Å². The molecule has 0 saturated carbocycles. The first-order valence-corrected chi connectivity index (χ1v) is 6.79. The Bertz CT molecular complexity index is 646. The highest BCUT2D eigenvalue weighted by Gasteiger charge is 2.11. The molecule has 0 amide bonds. The maximum absolute atomic E-state index is 12.5. The molecule has 2 rings (SSSR count). The predicted molar refractivity (Wildman–Crippen MR) is 89.4 cm³/mol. The predicted octanol–water partition coefficient (Wildman–Crippen LogP) is 2.63. The zero-order valence-corrected chi connectivity index (χ0v) is 12.9. The first kappa shape index (κ1) is 14.9. The van der Waals surface area contributed by atoms with Crippen molar-refractivity contribution in [1.29, 1.82) is 0 Å². The van der Waals surface area contributed by atoms with Crippen LogP contribution in [0.15, 0.2) is 42.5 Å². The van der Waals surface area contributed by atoms with Crippen molar-refractivity contribution in [3.8, 4) is 0 Å². The number of nitrogens with zero attached hydrogens (tertiary/aromatic N) is 2. The Kier molecular flexibility index (Phi) is 4.17. The molecule has 0 fully saturated rings. The number of hydrogen-bond donors (Lipinski definition) is 1. The Hall–Kier alpha value is -2.49. The van der Waals surface area contributed by atoms with E-state index < -0.39 is 0 Å². The molecule has 0 aliphatic rings. The second-order valence-electron chi connectivity index (χ2n) is 5.44. The fourth-order valence-corrected chi connectivity index (χ4v) is 2.18. The lowest BCUT2D eigenvalue weighted by Crippen LogP contribution is -2.12. The van der Waals surface area contributed by atoms with Crippen molar-refractivity contribution in [3.05, 3.63) is 53.6 Å². The van der Waals surface area contributed by atoms with Crippen molar-refractivity contribution < 1.29 is 4.79 Å². The van der Waals surface area contributed by atoms with Crippen LogP contribution < -0.4 is 15.5 Å². The Morgan fingerprint density at radius 2 is 1.43 bits per heavy atom. The van der Waals surface area contributed by atoms with E-state index >= 15 is 0 Å². The molecule has 4 heteroatoms. The lowest BCUT2D eigenvalue weighted by molar-refractivity contribution is 0.103. The summed E-state index contributed by atoms with van der Waals surface area (Å²) in [4.78, 5) is 16.4. The van der Waals surface area contributed by atoms with Gasteiger partial charge in [0.15, 0.2) is 5.78 Å². The molecule has 0 saturated heterocycles.